The van der Waals surface area contributed by atoms with Gasteiger partial charge in [-0.2, -0.15) is 0 Å². The van der Waals surface area contributed by atoms with Crippen LogP contribution >= 0.6 is 11.3 Å². The van der Waals surface area contributed by atoms with E-state index in [9.17, 15) is 14.9 Å². The van der Waals surface area contributed by atoms with Gasteiger partial charge in [-0.25, -0.2) is 4.98 Å². The van der Waals surface area contributed by atoms with E-state index < -0.39 is 4.92 Å². The highest BCUT2D eigenvalue weighted by molar-refractivity contribution is 7.14. The Morgan fingerprint density at radius 1 is 1.20 bits per heavy atom. The minimum atomic E-state index is -0.478. The summed E-state index contributed by atoms with van der Waals surface area (Å²) in [5.41, 5.74) is 3.17. The lowest BCUT2D eigenvalue weighted by atomic mass is 10.1. The Morgan fingerprint density at radius 2 is 2.00 bits per heavy atom. The summed E-state index contributed by atoms with van der Waals surface area (Å²) in [5.74, 6) is -0.0897. The van der Waals surface area contributed by atoms with Crippen LogP contribution in [0, 0.1) is 17.0 Å². The molecule has 4 rings (SSSR count). The molecule has 8 nitrogen and oxygen atoms in total. The molecule has 150 valence electrons. The predicted octanol–water partition coefficient (Wildman–Crippen LogP) is 4.59. The lowest BCUT2D eigenvalue weighted by molar-refractivity contribution is -0.383. The highest BCUT2D eigenvalue weighted by atomic mass is 32.1. The zero-order chi connectivity index (χ0) is 21.1. The van der Waals surface area contributed by atoms with Crippen LogP contribution < -0.4 is 10.1 Å². The Kier molecular flexibility index (Phi) is 5.36. The number of nitro benzene ring substituents is 1. The van der Waals surface area contributed by atoms with Gasteiger partial charge < -0.3 is 4.74 Å². The maximum Gasteiger partial charge on any atom is 0.279 e. The summed E-state index contributed by atoms with van der Waals surface area (Å²) in [6.45, 7) is 1.74. The van der Waals surface area contributed by atoms with Crippen LogP contribution in [0.4, 0.5) is 10.8 Å². The third kappa shape index (κ3) is 4.11. The van der Waals surface area contributed by atoms with Crippen LogP contribution in [0.5, 0.6) is 5.75 Å². The smallest absolute Gasteiger partial charge is 0.279 e. The van der Waals surface area contributed by atoms with E-state index in [0.29, 0.717) is 21.8 Å². The topological polar surface area (TPSA) is 107 Å². The summed E-state index contributed by atoms with van der Waals surface area (Å²) < 4.78 is 5.57. The van der Waals surface area contributed by atoms with E-state index >= 15 is 0 Å². The highest BCUT2D eigenvalue weighted by Gasteiger charge is 2.16. The fraction of sp³-hybridized carbons (Fsp3) is 0.0952. The van der Waals surface area contributed by atoms with Crippen molar-refractivity contribution in [1.82, 2.24) is 9.97 Å². The molecule has 9 heteroatoms. The second kappa shape index (κ2) is 8.26. The first kappa shape index (κ1) is 19.5. The van der Waals surface area contributed by atoms with E-state index in [1.165, 1.54) is 29.7 Å². The molecule has 0 radical (unpaired) electrons. The number of thiazole rings is 1. The molecule has 0 saturated heterocycles. The number of nitrogens with one attached hydrogen (secondary N) is 1. The van der Waals surface area contributed by atoms with E-state index in [1.54, 1.807) is 12.1 Å². The molecule has 2 aromatic heterocycles. The van der Waals surface area contributed by atoms with Gasteiger partial charge in [-0.15, -0.1) is 11.3 Å². The number of nitrogens with zero attached hydrogens (tertiary/aromatic N) is 3. The molecule has 0 aliphatic carbocycles. The number of pyridine rings is 1. The van der Waals surface area contributed by atoms with Gasteiger partial charge in [-0.3, -0.25) is 25.2 Å². The van der Waals surface area contributed by atoms with Gasteiger partial charge >= 0.3 is 0 Å². The van der Waals surface area contributed by atoms with Crippen LogP contribution in [0.1, 0.15) is 5.56 Å². The van der Waals surface area contributed by atoms with E-state index in [4.69, 9.17) is 4.74 Å². The number of hydrogen-bond acceptors (Lipinski definition) is 7. The molecule has 1 N–H and O–H groups in total. The number of rotatable bonds is 6. The van der Waals surface area contributed by atoms with Crippen molar-refractivity contribution in [3.63, 3.8) is 0 Å². The Labute approximate surface area is 175 Å². The van der Waals surface area contributed by atoms with Gasteiger partial charge in [0.15, 0.2) is 11.7 Å². The average Bonchev–Trinajstić information content (AvgIpc) is 3.20. The van der Waals surface area contributed by atoms with Crippen molar-refractivity contribution < 1.29 is 14.5 Å². The van der Waals surface area contributed by atoms with Gasteiger partial charge in [-0.1, -0.05) is 29.8 Å². The molecule has 30 heavy (non-hydrogen) atoms. The summed E-state index contributed by atoms with van der Waals surface area (Å²) in [6, 6.07) is 13.9. The number of fused-ring (bicyclic) bond motifs is 1. The van der Waals surface area contributed by atoms with Crippen molar-refractivity contribution in [1.29, 1.82) is 0 Å². The molecule has 0 aliphatic rings. The third-order valence-corrected chi connectivity index (χ3v) is 5.12. The zero-order valence-electron chi connectivity index (χ0n) is 15.9. The average molecular weight is 420 g/mol. The number of non-ortho nitro benzene ring substituents is 1. The number of hydrogen-bond donors (Lipinski definition) is 1. The molecule has 0 bridgehead atoms. The number of aryl methyl sites for hydroxylation is 1. The number of aromatic nitrogens is 2. The minimum absolute atomic E-state index is 0.0682. The predicted molar refractivity (Wildman–Crippen MR) is 115 cm³/mol. The first-order chi connectivity index (χ1) is 14.5. The number of nitro groups is 1. The van der Waals surface area contributed by atoms with E-state index in [0.717, 1.165) is 16.8 Å². The number of carbonyl (C=O) groups excluding carboxylic acids is 1. The maximum absolute atomic E-state index is 12.3. The molecule has 0 atom stereocenters. The number of benzene rings is 2. The van der Waals surface area contributed by atoms with Gasteiger partial charge in [0.2, 0.25) is 0 Å². The van der Waals surface area contributed by atoms with Crippen molar-refractivity contribution >= 4 is 39.0 Å². The van der Waals surface area contributed by atoms with E-state index in [1.807, 2.05) is 36.6 Å². The molecule has 2 aromatic carbocycles. The monoisotopic (exact) mass is 420 g/mol. The molecule has 0 aliphatic heterocycles. The Balaban J connectivity index is 1.44. The standard InChI is InChI=1S/C21H16N4O4S/c1-13-4-6-14(7-5-13)16-12-30-21(23-16)24-19(26)11-29-18-9-8-17(25(27)28)15-3-2-10-22-20(15)18/h2-10,12H,11H2,1H3,(H,23,24,26). The van der Waals surface area contributed by atoms with Crippen molar-refractivity contribution in [2.24, 2.45) is 0 Å². The number of anilines is 1. The van der Waals surface area contributed by atoms with Crippen LogP contribution in [0.25, 0.3) is 22.2 Å². The molecular weight excluding hydrogens is 404 g/mol. The van der Waals surface area contributed by atoms with Crippen molar-refractivity contribution in [2.45, 2.75) is 6.92 Å². The fourth-order valence-corrected chi connectivity index (χ4v) is 3.63. The molecule has 1 amide bonds. The van der Waals surface area contributed by atoms with Crippen LogP contribution in [0.15, 0.2) is 60.1 Å². The van der Waals surface area contributed by atoms with Gasteiger partial charge in [0, 0.05) is 23.2 Å². The van der Waals surface area contributed by atoms with Crippen LogP contribution in [-0.4, -0.2) is 27.4 Å². The van der Waals surface area contributed by atoms with Crippen molar-refractivity contribution in [3.8, 4) is 17.0 Å². The summed E-state index contributed by atoms with van der Waals surface area (Å²) in [4.78, 5) is 31.6. The minimum Gasteiger partial charge on any atom is -0.481 e. The van der Waals surface area contributed by atoms with Crippen LogP contribution in [0.2, 0.25) is 0 Å². The Bertz CT molecular complexity index is 1240. The summed E-state index contributed by atoms with van der Waals surface area (Å²) in [6.07, 6.45) is 1.52. The summed E-state index contributed by atoms with van der Waals surface area (Å²) >= 11 is 1.32. The fourth-order valence-electron chi connectivity index (χ4n) is 2.89. The second-order valence-corrected chi connectivity index (χ2v) is 7.34. The van der Waals surface area contributed by atoms with Gasteiger partial charge in [0.25, 0.3) is 11.6 Å². The van der Waals surface area contributed by atoms with Gasteiger partial charge in [0.1, 0.15) is 11.3 Å². The lowest BCUT2D eigenvalue weighted by Crippen LogP contribution is -2.20. The third-order valence-electron chi connectivity index (χ3n) is 4.36. The van der Waals surface area contributed by atoms with Crippen LogP contribution in [0.3, 0.4) is 0 Å². The molecule has 0 fully saturated rings. The molecule has 4 aromatic rings. The molecular formula is C21H16N4O4S. The second-order valence-electron chi connectivity index (χ2n) is 6.48. The summed E-state index contributed by atoms with van der Waals surface area (Å²) in [7, 11) is 0. The number of ether oxygens (including phenoxy) is 1. The van der Waals surface area contributed by atoms with Crippen LogP contribution in [-0.2, 0) is 4.79 Å². The molecule has 0 unspecified atom stereocenters. The first-order valence-electron chi connectivity index (χ1n) is 8.98. The SMILES string of the molecule is Cc1ccc(-c2csc(NC(=O)COc3ccc([N+](=O)[O-])c4cccnc34)n2)cc1. The molecule has 0 spiro atoms. The van der Waals surface area contributed by atoms with Gasteiger partial charge in [0.05, 0.1) is 16.0 Å². The maximum atomic E-state index is 12.3. The Hall–Kier alpha value is -3.85. The highest BCUT2D eigenvalue weighted by Crippen LogP contribution is 2.31. The molecule has 0 saturated carbocycles. The number of amides is 1. The zero-order valence-corrected chi connectivity index (χ0v) is 16.7. The summed E-state index contributed by atoms with van der Waals surface area (Å²) in [5, 5.41) is 16.6. The van der Waals surface area contributed by atoms with E-state index in [2.05, 4.69) is 15.3 Å². The largest absolute Gasteiger partial charge is 0.481 e. The number of carbonyl (C=O) groups is 1. The molecule has 2 heterocycles. The normalized spacial score (nSPS) is 10.7. The van der Waals surface area contributed by atoms with Crippen molar-refractivity contribution in [3.05, 3.63) is 75.8 Å². The van der Waals surface area contributed by atoms with Gasteiger partial charge in [-0.05, 0) is 25.1 Å². The lowest BCUT2D eigenvalue weighted by Gasteiger charge is -2.08. The van der Waals surface area contributed by atoms with Crippen molar-refractivity contribution in [2.75, 3.05) is 11.9 Å². The Morgan fingerprint density at radius 3 is 2.77 bits per heavy atom. The quantitative estimate of drug-likeness (QED) is 0.361. The first-order valence-corrected chi connectivity index (χ1v) is 9.86. The van der Waals surface area contributed by atoms with E-state index in [-0.39, 0.29) is 18.2 Å².